The molecule has 132 valence electrons. The van der Waals surface area contributed by atoms with Gasteiger partial charge in [0.05, 0.1) is 12.4 Å². The van der Waals surface area contributed by atoms with Crippen molar-refractivity contribution in [2.45, 2.75) is 83.2 Å². The molecule has 5 heteroatoms. The first-order valence-electron chi connectivity index (χ1n) is 9.67. The summed E-state index contributed by atoms with van der Waals surface area (Å²) in [5.74, 6) is 0.833. The highest BCUT2D eigenvalue weighted by molar-refractivity contribution is 5.92. The number of anilines is 1. The van der Waals surface area contributed by atoms with E-state index in [1.54, 1.807) is 12.4 Å². The normalized spacial score (nSPS) is 22.9. The number of nitrogens with zero attached hydrogens (tertiary/aromatic N) is 3. The molecule has 1 amide bonds. The van der Waals surface area contributed by atoms with E-state index in [2.05, 4.69) is 22.2 Å². The number of aromatic nitrogens is 2. The van der Waals surface area contributed by atoms with Crippen LogP contribution in [0.15, 0.2) is 12.4 Å². The molecule has 0 spiro atoms. The van der Waals surface area contributed by atoms with Crippen LogP contribution in [0.4, 0.5) is 5.82 Å². The fraction of sp³-hybridized carbons (Fsp3) is 0.737. The molecule has 1 saturated heterocycles. The Balaban J connectivity index is 1.61. The van der Waals surface area contributed by atoms with Crippen LogP contribution in [0.2, 0.25) is 0 Å². The number of amides is 1. The summed E-state index contributed by atoms with van der Waals surface area (Å²) in [5.41, 5.74) is 0.474. The molecular weight excluding hydrogens is 300 g/mol. The number of rotatable bonds is 4. The zero-order valence-corrected chi connectivity index (χ0v) is 14.8. The average Bonchev–Trinajstić information content (AvgIpc) is 2.90. The number of carbonyl (C=O) groups excluding carboxylic acids is 1. The predicted octanol–water partition coefficient (Wildman–Crippen LogP) is 4.02. The van der Waals surface area contributed by atoms with Crippen LogP contribution in [0, 0.1) is 0 Å². The Kier molecular flexibility index (Phi) is 6.05. The summed E-state index contributed by atoms with van der Waals surface area (Å²) in [6.07, 6.45) is 15.5. The van der Waals surface area contributed by atoms with Crippen LogP contribution in [0.25, 0.3) is 0 Å². The Bertz CT molecular complexity index is 523. The molecule has 1 aromatic heterocycles. The van der Waals surface area contributed by atoms with Gasteiger partial charge in [-0.15, -0.1) is 0 Å². The molecule has 3 rings (SSSR count). The Morgan fingerprint density at radius 3 is 2.50 bits per heavy atom. The molecule has 1 saturated carbocycles. The van der Waals surface area contributed by atoms with Crippen molar-refractivity contribution in [2.75, 3.05) is 11.9 Å². The lowest BCUT2D eigenvalue weighted by molar-refractivity contribution is 0.0601. The first-order chi connectivity index (χ1) is 11.8. The highest BCUT2D eigenvalue weighted by Crippen LogP contribution is 2.22. The molecule has 0 radical (unpaired) electrons. The smallest absolute Gasteiger partial charge is 0.274 e. The summed E-state index contributed by atoms with van der Waals surface area (Å²) >= 11 is 0. The summed E-state index contributed by atoms with van der Waals surface area (Å²) in [5, 5.41) is 3.49. The zero-order chi connectivity index (χ0) is 16.8. The van der Waals surface area contributed by atoms with E-state index >= 15 is 0 Å². The van der Waals surface area contributed by atoms with E-state index in [0.717, 1.165) is 31.6 Å². The van der Waals surface area contributed by atoms with Crippen molar-refractivity contribution in [3.8, 4) is 0 Å². The lowest BCUT2D eigenvalue weighted by atomic mass is 10.00. The molecule has 2 aliphatic rings. The zero-order valence-electron chi connectivity index (χ0n) is 14.8. The van der Waals surface area contributed by atoms with Gasteiger partial charge in [-0.1, -0.05) is 32.6 Å². The van der Waals surface area contributed by atoms with Crippen LogP contribution in [-0.4, -0.2) is 39.4 Å². The first-order valence-corrected chi connectivity index (χ1v) is 9.67. The molecule has 1 aliphatic heterocycles. The number of piperidine rings is 1. The van der Waals surface area contributed by atoms with Crippen molar-refractivity contribution in [2.24, 2.45) is 0 Å². The minimum atomic E-state index is 0.0371. The van der Waals surface area contributed by atoms with Crippen LogP contribution >= 0.6 is 0 Å². The van der Waals surface area contributed by atoms with E-state index in [1.165, 1.54) is 44.9 Å². The van der Waals surface area contributed by atoms with E-state index in [-0.39, 0.29) is 5.91 Å². The average molecular weight is 330 g/mol. The van der Waals surface area contributed by atoms with E-state index in [9.17, 15) is 4.79 Å². The van der Waals surface area contributed by atoms with Gasteiger partial charge in [0.2, 0.25) is 0 Å². The van der Waals surface area contributed by atoms with E-state index in [0.29, 0.717) is 17.8 Å². The van der Waals surface area contributed by atoms with Gasteiger partial charge in [-0.05, 0) is 38.5 Å². The molecule has 1 aliphatic carbocycles. The summed E-state index contributed by atoms with van der Waals surface area (Å²) in [6, 6.07) is 0.853. The first kappa shape index (κ1) is 17.2. The number of carbonyl (C=O) groups is 1. The van der Waals surface area contributed by atoms with Crippen LogP contribution in [0.3, 0.4) is 0 Å². The second-order valence-electron chi connectivity index (χ2n) is 7.18. The van der Waals surface area contributed by atoms with Gasteiger partial charge >= 0.3 is 0 Å². The Morgan fingerprint density at radius 1 is 1.08 bits per heavy atom. The molecule has 1 aromatic rings. The topological polar surface area (TPSA) is 58.1 Å². The third-order valence-corrected chi connectivity index (χ3v) is 5.44. The van der Waals surface area contributed by atoms with Crippen molar-refractivity contribution in [3.63, 3.8) is 0 Å². The molecule has 24 heavy (non-hydrogen) atoms. The van der Waals surface area contributed by atoms with Crippen molar-refractivity contribution in [3.05, 3.63) is 18.1 Å². The number of nitrogens with one attached hydrogen (secondary N) is 1. The lowest BCUT2D eigenvalue weighted by Crippen LogP contribution is -2.43. The highest BCUT2D eigenvalue weighted by atomic mass is 16.2. The molecule has 2 heterocycles. The molecule has 5 nitrogen and oxygen atoms in total. The fourth-order valence-electron chi connectivity index (χ4n) is 3.99. The van der Waals surface area contributed by atoms with Gasteiger partial charge < -0.3 is 10.2 Å². The van der Waals surface area contributed by atoms with Crippen molar-refractivity contribution in [1.29, 1.82) is 0 Å². The van der Waals surface area contributed by atoms with Gasteiger partial charge in [-0.2, -0.15) is 0 Å². The monoisotopic (exact) mass is 330 g/mol. The standard InChI is InChI=1S/C19H30N4O/c1-2-16-11-7-8-12-23(16)19(24)17-13-21-18(14-20-17)22-15-9-5-3-4-6-10-15/h13-16H,2-12H2,1H3,(H,21,22). The van der Waals surface area contributed by atoms with Gasteiger partial charge in [0.25, 0.3) is 5.91 Å². The summed E-state index contributed by atoms with van der Waals surface area (Å²) in [4.78, 5) is 23.6. The maximum atomic E-state index is 12.7. The van der Waals surface area contributed by atoms with Gasteiger partial charge in [0, 0.05) is 18.6 Å². The Labute approximate surface area is 145 Å². The minimum Gasteiger partial charge on any atom is -0.366 e. The second kappa shape index (κ2) is 8.45. The van der Waals surface area contributed by atoms with Crippen LogP contribution < -0.4 is 5.32 Å². The van der Waals surface area contributed by atoms with E-state index in [4.69, 9.17) is 0 Å². The molecule has 1 unspecified atom stereocenters. The van der Waals surface area contributed by atoms with E-state index in [1.807, 2.05) is 4.90 Å². The highest BCUT2D eigenvalue weighted by Gasteiger charge is 2.27. The Hall–Kier alpha value is -1.65. The van der Waals surface area contributed by atoms with Crippen molar-refractivity contribution in [1.82, 2.24) is 14.9 Å². The summed E-state index contributed by atoms with van der Waals surface area (Å²) < 4.78 is 0. The molecule has 0 aromatic carbocycles. The molecule has 0 bridgehead atoms. The van der Waals surface area contributed by atoms with Crippen LogP contribution in [-0.2, 0) is 0 Å². The van der Waals surface area contributed by atoms with Crippen LogP contribution in [0.1, 0.15) is 81.6 Å². The largest absolute Gasteiger partial charge is 0.366 e. The van der Waals surface area contributed by atoms with Gasteiger partial charge in [-0.3, -0.25) is 4.79 Å². The maximum absolute atomic E-state index is 12.7. The Morgan fingerprint density at radius 2 is 1.83 bits per heavy atom. The summed E-state index contributed by atoms with van der Waals surface area (Å²) in [7, 11) is 0. The summed E-state index contributed by atoms with van der Waals surface area (Å²) in [6.45, 7) is 3.00. The fourth-order valence-corrected chi connectivity index (χ4v) is 3.99. The van der Waals surface area contributed by atoms with E-state index < -0.39 is 0 Å². The number of hydrogen-bond acceptors (Lipinski definition) is 4. The number of likely N-dealkylation sites (tertiary alicyclic amines) is 1. The molecular formula is C19H30N4O. The van der Waals surface area contributed by atoms with Crippen molar-refractivity contribution < 1.29 is 4.79 Å². The molecule has 1 atom stereocenters. The minimum absolute atomic E-state index is 0.0371. The molecule has 1 N–H and O–H groups in total. The van der Waals surface area contributed by atoms with Crippen LogP contribution in [0.5, 0.6) is 0 Å². The van der Waals surface area contributed by atoms with Gasteiger partial charge in [0.15, 0.2) is 0 Å². The third-order valence-electron chi connectivity index (χ3n) is 5.44. The number of hydrogen-bond donors (Lipinski definition) is 1. The van der Waals surface area contributed by atoms with Gasteiger partial charge in [0.1, 0.15) is 11.5 Å². The quantitative estimate of drug-likeness (QED) is 0.847. The molecule has 2 fully saturated rings. The maximum Gasteiger partial charge on any atom is 0.274 e. The van der Waals surface area contributed by atoms with Crippen molar-refractivity contribution >= 4 is 11.7 Å². The predicted molar refractivity (Wildman–Crippen MR) is 96.1 cm³/mol. The SMILES string of the molecule is CCC1CCCCN1C(=O)c1cnc(NC2CCCCCC2)cn1. The third kappa shape index (κ3) is 4.25. The lowest BCUT2D eigenvalue weighted by Gasteiger charge is -2.34. The second-order valence-corrected chi connectivity index (χ2v) is 7.18. The van der Waals surface area contributed by atoms with Gasteiger partial charge in [-0.25, -0.2) is 9.97 Å².